The number of piperazine rings is 1. The SMILES string of the molecule is C=C/C(=C\N(C)CC)c1ccc2cnc(NC)cc2c1.C=Cc1ccnc(N2CCN(C)CC2)c1. The van der Waals surface area contributed by atoms with E-state index in [1.807, 2.05) is 37.7 Å². The maximum absolute atomic E-state index is 4.40. The Labute approximate surface area is 210 Å². The molecule has 4 rings (SSSR count). The molecule has 0 aliphatic carbocycles. The molecule has 2 aromatic heterocycles. The van der Waals surface area contributed by atoms with Crippen molar-refractivity contribution in [2.24, 2.45) is 0 Å². The summed E-state index contributed by atoms with van der Waals surface area (Å²) in [5.74, 6) is 1.95. The second-order valence-corrected chi connectivity index (χ2v) is 8.69. The van der Waals surface area contributed by atoms with Crippen molar-refractivity contribution in [2.45, 2.75) is 6.92 Å². The van der Waals surface area contributed by atoms with Gasteiger partial charge < -0.3 is 20.0 Å². The number of benzene rings is 1. The molecule has 0 saturated carbocycles. The lowest BCUT2D eigenvalue weighted by molar-refractivity contribution is 0.312. The zero-order chi connectivity index (χ0) is 25.2. The van der Waals surface area contributed by atoms with Gasteiger partial charge in [-0.2, -0.15) is 0 Å². The van der Waals surface area contributed by atoms with Crippen LogP contribution in [0.1, 0.15) is 18.1 Å². The molecule has 3 aromatic rings. The van der Waals surface area contributed by atoms with E-state index in [0.717, 1.165) is 60.9 Å². The highest BCUT2D eigenvalue weighted by atomic mass is 15.3. The molecule has 3 heterocycles. The van der Waals surface area contributed by atoms with Gasteiger partial charge in [0.25, 0.3) is 0 Å². The normalized spacial score (nSPS) is 14.2. The van der Waals surface area contributed by atoms with E-state index in [4.69, 9.17) is 0 Å². The lowest BCUT2D eigenvalue weighted by atomic mass is 10.0. The Morgan fingerprint density at radius 2 is 1.83 bits per heavy atom. The van der Waals surface area contributed by atoms with Crippen molar-refractivity contribution in [1.82, 2.24) is 19.8 Å². The first kappa shape index (κ1) is 26.0. The maximum atomic E-state index is 4.40. The van der Waals surface area contributed by atoms with Crippen LogP contribution in [0.25, 0.3) is 22.4 Å². The first-order valence-corrected chi connectivity index (χ1v) is 12.1. The van der Waals surface area contributed by atoms with Gasteiger partial charge in [0.1, 0.15) is 11.6 Å². The number of pyridine rings is 2. The van der Waals surface area contributed by atoms with Gasteiger partial charge in [-0.3, -0.25) is 0 Å². The number of fused-ring (bicyclic) bond motifs is 1. The zero-order valence-corrected chi connectivity index (χ0v) is 21.5. The second-order valence-electron chi connectivity index (χ2n) is 8.69. The molecule has 6 heteroatoms. The topological polar surface area (TPSA) is 47.5 Å². The van der Waals surface area contributed by atoms with Gasteiger partial charge in [-0.1, -0.05) is 37.4 Å². The molecule has 0 bridgehead atoms. The fourth-order valence-corrected chi connectivity index (χ4v) is 3.80. The van der Waals surface area contributed by atoms with Gasteiger partial charge in [0.2, 0.25) is 0 Å². The molecule has 0 atom stereocenters. The highest BCUT2D eigenvalue weighted by Crippen LogP contribution is 2.23. The lowest BCUT2D eigenvalue weighted by Gasteiger charge is -2.33. The summed E-state index contributed by atoms with van der Waals surface area (Å²) in [4.78, 5) is 15.5. The summed E-state index contributed by atoms with van der Waals surface area (Å²) < 4.78 is 0. The van der Waals surface area contributed by atoms with Crippen molar-refractivity contribution in [1.29, 1.82) is 0 Å². The summed E-state index contributed by atoms with van der Waals surface area (Å²) in [5, 5.41) is 5.38. The highest BCUT2D eigenvalue weighted by molar-refractivity contribution is 5.88. The molecule has 0 spiro atoms. The van der Waals surface area contributed by atoms with Gasteiger partial charge >= 0.3 is 0 Å². The number of hydrogen-bond donors (Lipinski definition) is 1. The van der Waals surface area contributed by atoms with Crippen LogP contribution < -0.4 is 10.2 Å². The second kappa shape index (κ2) is 12.7. The molecule has 1 N–H and O–H groups in total. The number of nitrogens with zero attached hydrogens (tertiary/aromatic N) is 5. The minimum atomic E-state index is 0.879. The number of hydrogen-bond acceptors (Lipinski definition) is 6. The Morgan fingerprint density at radius 1 is 1.06 bits per heavy atom. The number of aromatic nitrogens is 2. The molecular weight excluding hydrogens is 432 g/mol. The van der Waals surface area contributed by atoms with Crippen LogP contribution in [0.3, 0.4) is 0 Å². The molecule has 6 nitrogen and oxygen atoms in total. The standard InChI is InChI=1S/C17H21N3.C12H17N3/c1-5-13(12-20(4)6-2)14-7-8-15-11-19-17(18-3)10-16(15)9-14;1-3-11-4-5-13-12(10-11)15-8-6-14(2)7-9-15/h5,7-12H,1,6H2,2-4H3,(H,18,19);3-5,10H,1,6-9H2,2H3/b13-12+;. The average molecular weight is 471 g/mol. The zero-order valence-electron chi connectivity index (χ0n) is 21.5. The highest BCUT2D eigenvalue weighted by Gasteiger charge is 2.14. The van der Waals surface area contributed by atoms with Gasteiger partial charge in [-0.05, 0) is 60.3 Å². The Bertz CT molecular complexity index is 1160. The van der Waals surface area contributed by atoms with E-state index in [-0.39, 0.29) is 0 Å². The van der Waals surface area contributed by atoms with Crippen molar-refractivity contribution in [3.05, 3.63) is 85.4 Å². The number of rotatable bonds is 7. The molecule has 1 aliphatic rings. The lowest BCUT2D eigenvalue weighted by Crippen LogP contribution is -2.44. The first-order chi connectivity index (χ1) is 17.0. The number of likely N-dealkylation sites (N-methyl/N-ethyl adjacent to an activating group) is 1. The minimum Gasteiger partial charge on any atom is -0.380 e. The molecule has 35 heavy (non-hydrogen) atoms. The van der Waals surface area contributed by atoms with Crippen LogP contribution in [0.5, 0.6) is 0 Å². The van der Waals surface area contributed by atoms with Gasteiger partial charge in [-0.25, -0.2) is 9.97 Å². The Morgan fingerprint density at radius 3 is 2.49 bits per heavy atom. The van der Waals surface area contributed by atoms with E-state index in [2.05, 4.69) is 101 Å². The number of nitrogens with one attached hydrogen (secondary N) is 1. The fourth-order valence-electron chi connectivity index (χ4n) is 3.80. The molecule has 1 aromatic carbocycles. The molecule has 0 unspecified atom stereocenters. The van der Waals surface area contributed by atoms with Crippen LogP contribution in [-0.2, 0) is 0 Å². The van der Waals surface area contributed by atoms with E-state index < -0.39 is 0 Å². The summed E-state index contributed by atoms with van der Waals surface area (Å²) in [5.41, 5.74) is 3.43. The molecular formula is C29H38N6. The summed E-state index contributed by atoms with van der Waals surface area (Å²) in [7, 11) is 6.10. The molecule has 1 saturated heterocycles. The molecule has 0 radical (unpaired) electrons. The first-order valence-electron chi connectivity index (χ1n) is 12.1. The molecule has 0 amide bonds. The molecule has 184 valence electrons. The third-order valence-electron chi connectivity index (χ3n) is 6.22. The van der Waals surface area contributed by atoms with Crippen LogP contribution in [0.15, 0.2) is 74.2 Å². The Hall–Kier alpha value is -3.64. The van der Waals surface area contributed by atoms with Crippen molar-refractivity contribution in [3.8, 4) is 0 Å². The van der Waals surface area contributed by atoms with Crippen molar-refractivity contribution in [3.63, 3.8) is 0 Å². The molecule has 1 fully saturated rings. The fraction of sp³-hybridized carbons (Fsp3) is 0.310. The van der Waals surface area contributed by atoms with E-state index in [1.165, 1.54) is 10.9 Å². The van der Waals surface area contributed by atoms with Gasteiger partial charge in [0, 0.05) is 70.8 Å². The summed E-state index contributed by atoms with van der Waals surface area (Å²) >= 11 is 0. The number of allylic oxidation sites excluding steroid dienone is 2. The Balaban J connectivity index is 0.000000203. The van der Waals surface area contributed by atoms with Gasteiger partial charge in [0.05, 0.1) is 0 Å². The van der Waals surface area contributed by atoms with Crippen LogP contribution in [0.4, 0.5) is 11.6 Å². The third kappa shape index (κ3) is 7.17. The van der Waals surface area contributed by atoms with Crippen molar-refractivity contribution >= 4 is 34.1 Å². The average Bonchev–Trinajstić information content (AvgIpc) is 2.91. The minimum absolute atomic E-state index is 0.879. The largest absolute Gasteiger partial charge is 0.380 e. The molecule has 1 aliphatic heterocycles. The van der Waals surface area contributed by atoms with Crippen LogP contribution in [0.2, 0.25) is 0 Å². The smallest absolute Gasteiger partial charge is 0.129 e. The number of anilines is 2. The predicted octanol–water partition coefficient (Wildman–Crippen LogP) is 5.23. The van der Waals surface area contributed by atoms with E-state index in [0.29, 0.717) is 0 Å². The van der Waals surface area contributed by atoms with E-state index >= 15 is 0 Å². The van der Waals surface area contributed by atoms with Crippen molar-refractivity contribution in [2.75, 3.05) is 64.1 Å². The van der Waals surface area contributed by atoms with E-state index in [1.54, 1.807) is 0 Å². The maximum Gasteiger partial charge on any atom is 0.129 e. The van der Waals surface area contributed by atoms with Crippen molar-refractivity contribution < 1.29 is 0 Å². The summed E-state index contributed by atoms with van der Waals surface area (Å²) in [6, 6.07) is 12.5. The Kier molecular flexibility index (Phi) is 9.44. The predicted molar refractivity (Wildman–Crippen MR) is 152 cm³/mol. The third-order valence-corrected chi connectivity index (χ3v) is 6.22. The monoisotopic (exact) mass is 470 g/mol. The summed E-state index contributed by atoms with van der Waals surface area (Å²) in [6.45, 7) is 15.1. The quantitative estimate of drug-likeness (QED) is 0.477. The van der Waals surface area contributed by atoms with Crippen LogP contribution in [-0.4, -0.2) is 73.6 Å². The van der Waals surface area contributed by atoms with Crippen LogP contribution in [0, 0.1) is 0 Å². The van der Waals surface area contributed by atoms with E-state index in [9.17, 15) is 0 Å². The van der Waals surface area contributed by atoms with Gasteiger partial charge in [-0.15, -0.1) is 0 Å². The van der Waals surface area contributed by atoms with Crippen LogP contribution >= 0.6 is 0 Å². The van der Waals surface area contributed by atoms with Gasteiger partial charge in [0.15, 0.2) is 0 Å². The summed E-state index contributed by atoms with van der Waals surface area (Å²) in [6.07, 6.45) is 9.62.